The molecule has 0 spiro atoms. The number of nitrogens with zero attached hydrogens (tertiary/aromatic N) is 1. The van der Waals surface area contributed by atoms with Crippen molar-refractivity contribution in [2.75, 3.05) is 32.8 Å². The highest BCUT2D eigenvalue weighted by atomic mass is 19.3. The van der Waals surface area contributed by atoms with Gasteiger partial charge in [-0.3, -0.25) is 4.79 Å². The van der Waals surface area contributed by atoms with E-state index in [2.05, 4.69) is 5.32 Å². The number of nitrogens with one attached hydrogen (secondary N) is 1. The maximum atomic E-state index is 12.7. The van der Waals surface area contributed by atoms with E-state index in [4.69, 9.17) is 9.47 Å². The number of carbonyl (C=O) groups is 2. The lowest BCUT2D eigenvalue weighted by atomic mass is 9.86. The summed E-state index contributed by atoms with van der Waals surface area (Å²) in [6.45, 7) is 2.44. The van der Waals surface area contributed by atoms with E-state index in [1.165, 1.54) is 4.90 Å². The number of halogens is 2. The second kappa shape index (κ2) is 7.90. The molecule has 0 aromatic rings. The van der Waals surface area contributed by atoms with Crippen molar-refractivity contribution in [3.8, 4) is 0 Å². The van der Waals surface area contributed by atoms with Gasteiger partial charge in [-0.1, -0.05) is 12.8 Å². The summed E-state index contributed by atoms with van der Waals surface area (Å²) in [5.74, 6) is -0.287. The third-order valence-electron chi connectivity index (χ3n) is 4.51. The van der Waals surface area contributed by atoms with Gasteiger partial charge in [0, 0.05) is 13.1 Å². The summed E-state index contributed by atoms with van der Waals surface area (Å²) in [5.41, 5.74) is -0.680. The van der Waals surface area contributed by atoms with E-state index in [-0.39, 0.29) is 32.2 Å². The van der Waals surface area contributed by atoms with Crippen molar-refractivity contribution in [2.45, 2.75) is 45.1 Å². The van der Waals surface area contributed by atoms with Crippen molar-refractivity contribution in [1.82, 2.24) is 10.2 Å². The molecule has 1 aliphatic heterocycles. The number of urea groups is 1. The van der Waals surface area contributed by atoms with Crippen LogP contribution < -0.4 is 5.32 Å². The fourth-order valence-corrected chi connectivity index (χ4v) is 3.16. The maximum absolute atomic E-state index is 12.7. The fraction of sp³-hybridized carbons (Fsp3) is 0.867. The Hall–Kier alpha value is -1.44. The van der Waals surface area contributed by atoms with Crippen LogP contribution in [-0.2, 0) is 14.3 Å². The Kier molecular flexibility index (Phi) is 6.15. The second-order valence-electron chi connectivity index (χ2n) is 6.06. The van der Waals surface area contributed by atoms with E-state index in [0.717, 1.165) is 12.8 Å². The predicted octanol–water partition coefficient (Wildman–Crippen LogP) is 1.79. The molecule has 2 fully saturated rings. The third kappa shape index (κ3) is 4.31. The Morgan fingerprint density at radius 2 is 2.09 bits per heavy atom. The Morgan fingerprint density at radius 1 is 1.39 bits per heavy atom. The van der Waals surface area contributed by atoms with Crippen LogP contribution in [0.25, 0.3) is 0 Å². The van der Waals surface area contributed by atoms with Crippen LogP contribution in [0.4, 0.5) is 13.6 Å². The van der Waals surface area contributed by atoms with Gasteiger partial charge in [0.05, 0.1) is 25.2 Å². The number of carbonyl (C=O) groups excluding carboxylic acids is 2. The molecule has 0 unspecified atom stereocenters. The monoisotopic (exact) mass is 334 g/mol. The van der Waals surface area contributed by atoms with Crippen molar-refractivity contribution in [3.05, 3.63) is 0 Å². The molecule has 132 valence electrons. The molecule has 2 aliphatic rings. The number of morpholine rings is 1. The molecule has 0 bridgehead atoms. The van der Waals surface area contributed by atoms with Crippen LogP contribution in [0, 0.1) is 5.41 Å². The largest absolute Gasteiger partial charge is 0.466 e. The van der Waals surface area contributed by atoms with Crippen molar-refractivity contribution >= 4 is 12.0 Å². The number of esters is 1. The average molecular weight is 334 g/mol. The van der Waals surface area contributed by atoms with Crippen LogP contribution in [-0.4, -0.2) is 62.3 Å². The summed E-state index contributed by atoms with van der Waals surface area (Å²) in [6, 6.07) is -0.436. The zero-order valence-corrected chi connectivity index (χ0v) is 13.4. The molecular weight excluding hydrogens is 310 g/mol. The van der Waals surface area contributed by atoms with E-state index >= 15 is 0 Å². The van der Waals surface area contributed by atoms with Crippen LogP contribution in [0.3, 0.4) is 0 Å². The lowest BCUT2D eigenvalue weighted by molar-refractivity contribution is -0.154. The van der Waals surface area contributed by atoms with E-state index in [1.54, 1.807) is 6.92 Å². The summed E-state index contributed by atoms with van der Waals surface area (Å²) < 4.78 is 35.5. The van der Waals surface area contributed by atoms with Gasteiger partial charge >= 0.3 is 12.0 Å². The number of hydrogen-bond donors (Lipinski definition) is 1. The highest BCUT2D eigenvalue weighted by molar-refractivity contribution is 5.79. The van der Waals surface area contributed by atoms with E-state index < -0.39 is 24.0 Å². The molecule has 2 amide bonds. The van der Waals surface area contributed by atoms with Gasteiger partial charge in [-0.05, 0) is 19.8 Å². The summed E-state index contributed by atoms with van der Waals surface area (Å²) in [5, 5.41) is 2.72. The summed E-state index contributed by atoms with van der Waals surface area (Å²) in [4.78, 5) is 25.7. The van der Waals surface area contributed by atoms with Gasteiger partial charge in [0.15, 0.2) is 0 Å². The van der Waals surface area contributed by atoms with Gasteiger partial charge in [-0.25, -0.2) is 13.6 Å². The molecule has 0 aromatic carbocycles. The lowest BCUT2D eigenvalue weighted by Crippen LogP contribution is -2.53. The molecule has 2 rings (SSSR count). The Bertz CT molecular complexity index is 428. The zero-order valence-electron chi connectivity index (χ0n) is 13.4. The van der Waals surface area contributed by atoms with Crippen LogP contribution >= 0.6 is 0 Å². The number of ether oxygens (including phenoxy) is 2. The quantitative estimate of drug-likeness (QED) is 0.778. The number of amides is 2. The Morgan fingerprint density at radius 3 is 2.70 bits per heavy atom. The summed E-state index contributed by atoms with van der Waals surface area (Å²) in [7, 11) is 0. The van der Waals surface area contributed by atoms with Crippen molar-refractivity contribution in [1.29, 1.82) is 0 Å². The van der Waals surface area contributed by atoms with Gasteiger partial charge in [0.25, 0.3) is 6.43 Å². The van der Waals surface area contributed by atoms with Gasteiger partial charge in [-0.2, -0.15) is 0 Å². The average Bonchev–Trinajstić information content (AvgIpc) is 3.03. The van der Waals surface area contributed by atoms with Gasteiger partial charge in [0.1, 0.15) is 6.10 Å². The molecule has 0 radical (unpaired) electrons. The molecule has 1 saturated heterocycles. The Balaban J connectivity index is 1.90. The molecule has 1 heterocycles. The molecule has 1 atom stereocenters. The van der Waals surface area contributed by atoms with Gasteiger partial charge in [-0.15, -0.1) is 0 Å². The smallest absolute Gasteiger partial charge is 0.317 e. The topological polar surface area (TPSA) is 67.9 Å². The number of rotatable bonds is 5. The van der Waals surface area contributed by atoms with Crippen LogP contribution in [0.5, 0.6) is 0 Å². The molecule has 8 heteroatoms. The molecule has 0 aromatic heterocycles. The lowest BCUT2D eigenvalue weighted by Gasteiger charge is -2.34. The zero-order chi connectivity index (χ0) is 16.9. The number of alkyl halides is 2. The van der Waals surface area contributed by atoms with Crippen molar-refractivity contribution < 1.29 is 27.8 Å². The van der Waals surface area contributed by atoms with Crippen LogP contribution in [0.1, 0.15) is 32.6 Å². The molecule has 1 saturated carbocycles. The predicted molar refractivity (Wildman–Crippen MR) is 78.2 cm³/mol. The highest BCUT2D eigenvalue weighted by Gasteiger charge is 2.43. The first-order valence-corrected chi connectivity index (χ1v) is 8.08. The highest BCUT2D eigenvalue weighted by Crippen LogP contribution is 2.38. The minimum atomic E-state index is -2.62. The minimum absolute atomic E-state index is 0.0887. The Labute approximate surface area is 134 Å². The van der Waals surface area contributed by atoms with Crippen molar-refractivity contribution in [3.63, 3.8) is 0 Å². The molecule has 1 N–H and O–H groups in total. The molecule has 6 nitrogen and oxygen atoms in total. The van der Waals surface area contributed by atoms with E-state index in [0.29, 0.717) is 19.4 Å². The van der Waals surface area contributed by atoms with E-state index in [1.807, 2.05) is 0 Å². The fourth-order valence-electron chi connectivity index (χ4n) is 3.16. The van der Waals surface area contributed by atoms with Crippen LogP contribution in [0.15, 0.2) is 0 Å². The van der Waals surface area contributed by atoms with Gasteiger partial charge in [0.2, 0.25) is 0 Å². The SMILES string of the molecule is CCOC(=O)C1(CNC(=O)N2CCO[C@H](C(F)F)C2)CCCC1. The summed E-state index contributed by atoms with van der Waals surface area (Å²) in [6.07, 6.45) is -0.685. The first-order chi connectivity index (χ1) is 11.0. The third-order valence-corrected chi connectivity index (χ3v) is 4.51. The molecule has 1 aliphatic carbocycles. The molecular formula is C15H24F2N2O4. The molecule has 23 heavy (non-hydrogen) atoms. The van der Waals surface area contributed by atoms with Gasteiger partial charge < -0.3 is 19.7 Å². The number of hydrogen-bond acceptors (Lipinski definition) is 4. The van der Waals surface area contributed by atoms with Crippen molar-refractivity contribution in [2.24, 2.45) is 5.41 Å². The summed E-state index contributed by atoms with van der Waals surface area (Å²) >= 11 is 0. The first-order valence-electron chi connectivity index (χ1n) is 8.08. The van der Waals surface area contributed by atoms with Crippen LogP contribution in [0.2, 0.25) is 0 Å². The maximum Gasteiger partial charge on any atom is 0.317 e. The standard InChI is InChI=1S/C15H24F2N2O4/c1-2-22-13(20)15(5-3-4-6-15)10-18-14(21)19-7-8-23-11(9-19)12(16)17/h11-12H,2-10H2,1H3,(H,18,21)/t11-/m0/s1. The normalized spacial score (nSPS) is 23.8. The first kappa shape index (κ1) is 17.9. The minimum Gasteiger partial charge on any atom is -0.466 e. The van der Waals surface area contributed by atoms with E-state index in [9.17, 15) is 18.4 Å². The second-order valence-corrected chi connectivity index (χ2v) is 6.06.